The zero-order valence-corrected chi connectivity index (χ0v) is 12.2. The molecular weight excluding hydrogens is 224 g/mol. The molecule has 0 spiro atoms. The van der Waals surface area contributed by atoms with Gasteiger partial charge in [-0.05, 0) is 30.0 Å². The van der Waals surface area contributed by atoms with Crippen LogP contribution in [0.5, 0.6) is 0 Å². The van der Waals surface area contributed by atoms with Crippen LogP contribution in [0.2, 0.25) is 0 Å². The largest absolute Gasteiger partial charge is 0.374 e. The van der Waals surface area contributed by atoms with Gasteiger partial charge in [0.05, 0.1) is 0 Å². The average molecular weight is 248 g/mol. The maximum Gasteiger partial charge on any atom is 0.244 e. The van der Waals surface area contributed by atoms with E-state index in [1.807, 2.05) is 19.1 Å². The van der Waals surface area contributed by atoms with Gasteiger partial charge in [-0.3, -0.25) is 4.79 Å². The topological polar surface area (TPSA) is 32.3 Å². The van der Waals surface area contributed by atoms with Crippen molar-refractivity contribution in [1.29, 1.82) is 0 Å². The highest BCUT2D eigenvalue weighted by atomic mass is 16.2. The standard InChI is InChI=1S/C15H24N2O/c1-11(14(18)17(5)6)16-13-9-7-12(8-10-13)15(2,3)4/h7-11,16H,1-6H3. The van der Waals surface area contributed by atoms with E-state index in [2.05, 4.69) is 38.2 Å². The number of hydrogen-bond donors (Lipinski definition) is 1. The summed E-state index contributed by atoms with van der Waals surface area (Å²) in [6.07, 6.45) is 0. The smallest absolute Gasteiger partial charge is 0.244 e. The van der Waals surface area contributed by atoms with Crippen LogP contribution in [0, 0.1) is 0 Å². The molecule has 0 saturated carbocycles. The zero-order chi connectivity index (χ0) is 13.9. The van der Waals surface area contributed by atoms with Gasteiger partial charge in [0.25, 0.3) is 0 Å². The van der Waals surface area contributed by atoms with Crippen molar-refractivity contribution < 1.29 is 4.79 Å². The van der Waals surface area contributed by atoms with Crippen LogP contribution >= 0.6 is 0 Å². The summed E-state index contributed by atoms with van der Waals surface area (Å²) in [5, 5.41) is 3.21. The fourth-order valence-corrected chi connectivity index (χ4v) is 1.77. The summed E-state index contributed by atoms with van der Waals surface area (Å²) in [5.41, 5.74) is 2.43. The molecule has 0 aromatic heterocycles. The molecule has 3 heteroatoms. The van der Waals surface area contributed by atoms with E-state index in [9.17, 15) is 4.79 Å². The molecule has 0 aliphatic heterocycles. The number of carbonyl (C=O) groups is 1. The Labute approximate surface area is 110 Å². The third kappa shape index (κ3) is 3.76. The van der Waals surface area contributed by atoms with E-state index < -0.39 is 0 Å². The summed E-state index contributed by atoms with van der Waals surface area (Å²) >= 11 is 0. The lowest BCUT2D eigenvalue weighted by molar-refractivity contribution is -0.129. The predicted octanol–water partition coefficient (Wildman–Crippen LogP) is 2.87. The molecule has 1 aromatic carbocycles. The van der Waals surface area contributed by atoms with Crippen molar-refractivity contribution in [2.24, 2.45) is 0 Å². The SMILES string of the molecule is CC(Nc1ccc(C(C)(C)C)cc1)C(=O)N(C)C. The van der Waals surface area contributed by atoms with Crippen molar-refractivity contribution in [1.82, 2.24) is 4.90 Å². The fourth-order valence-electron chi connectivity index (χ4n) is 1.77. The van der Waals surface area contributed by atoms with Crippen molar-refractivity contribution in [3.05, 3.63) is 29.8 Å². The second-order valence-corrected chi connectivity index (χ2v) is 5.93. The van der Waals surface area contributed by atoms with Crippen LogP contribution in [0.3, 0.4) is 0 Å². The van der Waals surface area contributed by atoms with E-state index in [0.717, 1.165) is 5.69 Å². The van der Waals surface area contributed by atoms with Gasteiger partial charge in [0.1, 0.15) is 6.04 Å². The van der Waals surface area contributed by atoms with Crippen molar-refractivity contribution in [3.63, 3.8) is 0 Å². The van der Waals surface area contributed by atoms with Gasteiger partial charge in [-0.25, -0.2) is 0 Å². The van der Waals surface area contributed by atoms with Crippen LogP contribution in [-0.4, -0.2) is 30.9 Å². The van der Waals surface area contributed by atoms with Crippen molar-refractivity contribution in [2.75, 3.05) is 19.4 Å². The first-order valence-electron chi connectivity index (χ1n) is 6.30. The molecule has 0 heterocycles. The van der Waals surface area contributed by atoms with Gasteiger partial charge in [0.15, 0.2) is 0 Å². The molecule has 1 atom stereocenters. The maximum atomic E-state index is 11.7. The summed E-state index contributed by atoms with van der Waals surface area (Å²) in [6.45, 7) is 8.44. The monoisotopic (exact) mass is 248 g/mol. The molecule has 18 heavy (non-hydrogen) atoms. The predicted molar refractivity (Wildman–Crippen MR) is 76.9 cm³/mol. The van der Waals surface area contributed by atoms with E-state index in [1.54, 1.807) is 19.0 Å². The molecule has 0 saturated heterocycles. The minimum absolute atomic E-state index is 0.0786. The Bertz CT molecular complexity index is 401. The number of nitrogens with one attached hydrogen (secondary N) is 1. The van der Waals surface area contributed by atoms with E-state index in [4.69, 9.17) is 0 Å². The number of benzene rings is 1. The van der Waals surface area contributed by atoms with Gasteiger partial charge in [-0.15, -0.1) is 0 Å². The molecule has 0 radical (unpaired) electrons. The molecule has 1 rings (SSSR count). The first-order valence-corrected chi connectivity index (χ1v) is 6.30. The summed E-state index contributed by atoms with van der Waals surface area (Å²) < 4.78 is 0. The number of hydrogen-bond acceptors (Lipinski definition) is 2. The average Bonchev–Trinajstić information content (AvgIpc) is 2.27. The second kappa shape index (κ2) is 5.42. The van der Waals surface area contributed by atoms with Crippen LogP contribution in [0.15, 0.2) is 24.3 Å². The van der Waals surface area contributed by atoms with Gasteiger partial charge in [0, 0.05) is 19.8 Å². The maximum absolute atomic E-state index is 11.7. The molecule has 3 nitrogen and oxygen atoms in total. The van der Waals surface area contributed by atoms with Gasteiger partial charge in [0.2, 0.25) is 5.91 Å². The third-order valence-electron chi connectivity index (χ3n) is 2.95. The Kier molecular flexibility index (Phi) is 4.38. The van der Waals surface area contributed by atoms with E-state index in [-0.39, 0.29) is 17.4 Å². The van der Waals surface area contributed by atoms with Crippen LogP contribution in [0.1, 0.15) is 33.3 Å². The Hall–Kier alpha value is -1.51. The molecular formula is C15H24N2O. The zero-order valence-electron chi connectivity index (χ0n) is 12.2. The Balaban J connectivity index is 2.73. The number of anilines is 1. The van der Waals surface area contributed by atoms with Crippen molar-refractivity contribution in [3.8, 4) is 0 Å². The summed E-state index contributed by atoms with van der Waals surface area (Å²) in [5.74, 6) is 0.0786. The molecule has 0 bridgehead atoms. The normalized spacial score (nSPS) is 13.0. The molecule has 1 aromatic rings. The van der Waals surface area contributed by atoms with E-state index >= 15 is 0 Å². The lowest BCUT2D eigenvalue weighted by atomic mass is 9.87. The van der Waals surface area contributed by atoms with Crippen LogP contribution < -0.4 is 5.32 Å². The molecule has 0 aliphatic carbocycles. The van der Waals surface area contributed by atoms with Gasteiger partial charge in [-0.2, -0.15) is 0 Å². The highest BCUT2D eigenvalue weighted by Gasteiger charge is 2.16. The lowest BCUT2D eigenvalue weighted by Crippen LogP contribution is -2.36. The minimum atomic E-state index is -0.208. The highest BCUT2D eigenvalue weighted by Crippen LogP contribution is 2.23. The molecule has 0 aliphatic rings. The molecule has 1 unspecified atom stereocenters. The van der Waals surface area contributed by atoms with Crippen molar-refractivity contribution >= 4 is 11.6 Å². The summed E-state index contributed by atoms with van der Waals surface area (Å²) in [7, 11) is 3.53. The van der Waals surface area contributed by atoms with Crippen LogP contribution in [0.25, 0.3) is 0 Å². The minimum Gasteiger partial charge on any atom is -0.374 e. The van der Waals surface area contributed by atoms with Crippen LogP contribution in [-0.2, 0) is 10.2 Å². The molecule has 1 amide bonds. The number of carbonyl (C=O) groups excluding carboxylic acids is 1. The molecule has 100 valence electrons. The van der Waals surface area contributed by atoms with E-state index in [1.165, 1.54) is 5.56 Å². The number of nitrogens with zero attached hydrogens (tertiary/aromatic N) is 1. The lowest BCUT2D eigenvalue weighted by Gasteiger charge is -2.21. The summed E-state index contributed by atoms with van der Waals surface area (Å²) in [4.78, 5) is 13.3. The van der Waals surface area contributed by atoms with Gasteiger partial charge in [-0.1, -0.05) is 32.9 Å². The number of amides is 1. The first-order chi connectivity index (χ1) is 8.21. The third-order valence-corrected chi connectivity index (χ3v) is 2.95. The first kappa shape index (κ1) is 14.6. The highest BCUT2D eigenvalue weighted by molar-refractivity contribution is 5.83. The Morgan fingerprint density at radius 2 is 1.67 bits per heavy atom. The van der Waals surface area contributed by atoms with E-state index in [0.29, 0.717) is 0 Å². The Morgan fingerprint density at radius 3 is 2.06 bits per heavy atom. The van der Waals surface area contributed by atoms with Crippen LogP contribution in [0.4, 0.5) is 5.69 Å². The molecule has 0 fully saturated rings. The number of rotatable bonds is 3. The van der Waals surface area contributed by atoms with Gasteiger partial charge < -0.3 is 10.2 Å². The molecule has 1 N–H and O–H groups in total. The second-order valence-electron chi connectivity index (χ2n) is 5.93. The number of likely N-dealkylation sites (N-methyl/N-ethyl adjacent to an activating group) is 1. The fraction of sp³-hybridized carbons (Fsp3) is 0.533. The summed E-state index contributed by atoms with van der Waals surface area (Å²) in [6, 6.07) is 8.06. The quantitative estimate of drug-likeness (QED) is 0.892. The van der Waals surface area contributed by atoms with Crippen molar-refractivity contribution in [2.45, 2.75) is 39.2 Å². The Morgan fingerprint density at radius 1 is 1.17 bits per heavy atom. The van der Waals surface area contributed by atoms with Gasteiger partial charge >= 0.3 is 0 Å².